The Kier molecular flexibility index (Phi) is 3.91. The van der Waals surface area contributed by atoms with E-state index in [2.05, 4.69) is 9.72 Å². The predicted octanol–water partition coefficient (Wildman–Crippen LogP) is 1.81. The molecule has 0 atom stereocenters. The minimum atomic E-state index is -4.80. The number of pyridine rings is 1. The summed E-state index contributed by atoms with van der Waals surface area (Å²) in [5.41, 5.74) is 6.58. The third kappa shape index (κ3) is 3.32. The van der Waals surface area contributed by atoms with Crippen molar-refractivity contribution in [1.29, 1.82) is 5.26 Å². The number of nitriles is 1. The van der Waals surface area contributed by atoms with Crippen LogP contribution in [-0.2, 0) is 13.0 Å². The number of hydrogen-bond acceptors (Lipinski definition) is 4. The fourth-order valence-corrected chi connectivity index (χ4v) is 1.39. The molecule has 1 aromatic rings. The topological polar surface area (TPSA) is 71.9 Å². The van der Waals surface area contributed by atoms with Gasteiger partial charge in [0.15, 0.2) is 0 Å². The maximum absolute atomic E-state index is 12.1. The van der Waals surface area contributed by atoms with Gasteiger partial charge in [-0.3, -0.25) is 0 Å². The van der Waals surface area contributed by atoms with E-state index >= 15 is 0 Å². The Morgan fingerprint density at radius 2 is 2.18 bits per heavy atom. The molecule has 2 N–H and O–H groups in total. The zero-order valence-corrected chi connectivity index (χ0v) is 9.01. The number of halogens is 3. The molecule has 4 nitrogen and oxygen atoms in total. The lowest BCUT2D eigenvalue weighted by molar-refractivity contribution is -0.276. The number of rotatable bonds is 3. The molecule has 1 aromatic heterocycles. The van der Waals surface area contributed by atoms with Gasteiger partial charge in [-0.05, 0) is 18.1 Å². The van der Waals surface area contributed by atoms with Crippen molar-refractivity contribution in [2.75, 3.05) is 0 Å². The summed E-state index contributed by atoms with van der Waals surface area (Å²) >= 11 is 0. The molecule has 0 bridgehead atoms. The molecule has 1 heterocycles. The first-order valence-electron chi connectivity index (χ1n) is 4.69. The van der Waals surface area contributed by atoms with E-state index in [4.69, 9.17) is 11.0 Å². The number of aromatic nitrogens is 1. The van der Waals surface area contributed by atoms with Crippen LogP contribution in [0.5, 0.6) is 5.88 Å². The van der Waals surface area contributed by atoms with Gasteiger partial charge >= 0.3 is 6.36 Å². The van der Waals surface area contributed by atoms with Crippen LogP contribution in [0.1, 0.15) is 16.7 Å². The van der Waals surface area contributed by atoms with Crippen LogP contribution in [0.25, 0.3) is 0 Å². The monoisotopic (exact) mass is 245 g/mol. The number of ether oxygens (including phenoxy) is 1. The Morgan fingerprint density at radius 3 is 2.65 bits per heavy atom. The molecule has 0 spiro atoms. The summed E-state index contributed by atoms with van der Waals surface area (Å²) in [6, 6.07) is 1.87. The SMILES string of the molecule is Cc1c(OC(F)(F)F)ncc(CN)c1CC#N. The first kappa shape index (κ1) is 13.3. The molecule has 7 heteroatoms. The third-order valence-corrected chi connectivity index (χ3v) is 2.19. The number of alkyl halides is 3. The smallest absolute Gasteiger partial charge is 0.388 e. The zero-order chi connectivity index (χ0) is 13.1. The van der Waals surface area contributed by atoms with Crippen LogP contribution in [0.15, 0.2) is 6.20 Å². The van der Waals surface area contributed by atoms with Gasteiger partial charge in [0.05, 0.1) is 12.5 Å². The predicted molar refractivity (Wildman–Crippen MR) is 52.9 cm³/mol. The van der Waals surface area contributed by atoms with E-state index in [-0.39, 0.29) is 18.5 Å². The molecule has 0 radical (unpaired) electrons. The van der Waals surface area contributed by atoms with Crippen LogP contribution in [0.3, 0.4) is 0 Å². The summed E-state index contributed by atoms with van der Waals surface area (Å²) in [7, 11) is 0. The fourth-order valence-electron chi connectivity index (χ4n) is 1.39. The first-order valence-corrected chi connectivity index (χ1v) is 4.69. The quantitative estimate of drug-likeness (QED) is 0.881. The molecule has 17 heavy (non-hydrogen) atoms. The second-order valence-corrected chi connectivity index (χ2v) is 3.28. The van der Waals surface area contributed by atoms with Crippen LogP contribution in [0.4, 0.5) is 13.2 Å². The Bertz CT molecular complexity index is 451. The van der Waals surface area contributed by atoms with E-state index in [0.717, 1.165) is 0 Å². The van der Waals surface area contributed by atoms with Crippen molar-refractivity contribution in [3.8, 4) is 11.9 Å². The molecule has 0 aliphatic heterocycles. The summed E-state index contributed by atoms with van der Waals surface area (Å²) in [4.78, 5) is 3.55. The van der Waals surface area contributed by atoms with Crippen molar-refractivity contribution >= 4 is 0 Å². The van der Waals surface area contributed by atoms with Crippen molar-refractivity contribution in [2.45, 2.75) is 26.3 Å². The number of nitrogens with zero attached hydrogens (tertiary/aromatic N) is 2. The Hall–Kier alpha value is -1.81. The first-order chi connectivity index (χ1) is 7.89. The molecule has 92 valence electrons. The largest absolute Gasteiger partial charge is 0.574 e. The van der Waals surface area contributed by atoms with Gasteiger partial charge in [-0.25, -0.2) is 4.98 Å². The molecular formula is C10H10F3N3O. The van der Waals surface area contributed by atoms with Crippen molar-refractivity contribution in [3.63, 3.8) is 0 Å². The van der Waals surface area contributed by atoms with Gasteiger partial charge < -0.3 is 10.5 Å². The van der Waals surface area contributed by atoms with E-state index in [1.807, 2.05) is 6.07 Å². The van der Waals surface area contributed by atoms with Gasteiger partial charge in [-0.2, -0.15) is 5.26 Å². The van der Waals surface area contributed by atoms with Gasteiger partial charge in [0.2, 0.25) is 5.88 Å². The van der Waals surface area contributed by atoms with Crippen molar-refractivity contribution in [3.05, 3.63) is 22.9 Å². The highest BCUT2D eigenvalue weighted by Gasteiger charge is 2.33. The van der Waals surface area contributed by atoms with Gasteiger partial charge in [0, 0.05) is 18.3 Å². The summed E-state index contributed by atoms with van der Waals surface area (Å²) in [5.74, 6) is -0.542. The lowest BCUT2D eigenvalue weighted by atomic mass is 10.0. The zero-order valence-electron chi connectivity index (χ0n) is 9.01. The van der Waals surface area contributed by atoms with E-state index < -0.39 is 12.2 Å². The second-order valence-electron chi connectivity index (χ2n) is 3.28. The van der Waals surface area contributed by atoms with E-state index in [0.29, 0.717) is 11.1 Å². The molecule has 0 aliphatic carbocycles. The van der Waals surface area contributed by atoms with E-state index in [1.54, 1.807) is 0 Å². The average Bonchev–Trinajstić information content (AvgIpc) is 2.23. The maximum Gasteiger partial charge on any atom is 0.574 e. The summed E-state index contributed by atoms with van der Waals surface area (Å²) < 4.78 is 40.0. The molecule has 0 fully saturated rings. The second kappa shape index (κ2) is 5.01. The minimum Gasteiger partial charge on any atom is -0.388 e. The lowest BCUT2D eigenvalue weighted by Gasteiger charge is -2.14. The summed E-state index contributed by atoms with van der Waals surface area (Å²) in [5, 5.41) is 8.61. The third-order valence-electron chi connectivity index (χ3n) is 2.19. The Labute approximate surface area is 95.8 Å². The van der Waals surface area contributed by atoms with Crippen LogP contribution in [0, 0.1) is 18.3 Å². The highest BCUT2D eigenvalue weighted by atomic mass is 19.4. The van der Waals surface area contributed by atoms with E-state index in [1.165, 1.54) is 13.1 Å². The van der Waals surface area contributed by atoms with Crippen molar-refractivity contribution in [2.24, 2.45) is 5.73 Å². The molecule has 1 rings (SSSR count). The standard InChI is InChI=1S/C10H10F3N3O/c1-6-8(2-3-14)7(4-15)5-16-9(6)17-10(11,12)13/h5H,2,4,15H2,1H3. The average molecular weight is 245 g/mol. The van der Waals surface area contributed by atoms with Gasteiger partial charge in [-0.15, -0.1) is 13.2 Å². The van der Waals surface area contributed by atoms with Crippen LogP contribution < -0.4 is 10.5 Å². The molecule has 0 unspecified atom stereocenters. The number of nitrogens with two attached hydrogens (primary N) is 1. The highest BCUT2D eigenvalue weighted by molar-refractivity contribution is 5.40. The Morgan fingerprint density at radius 1 is 1.53 bits per heavy atom. The molecule has 0 saturated heterocycles. The fraction of sp³-hybridized carbons (Fsp3) is 0.400. The summed E-state index contributed by atoms with van der Waals surface area (Å²) in [6.45, 7) is 1.52. The highest BCUT2D eigenvalue weighted by Crippen LogP contribution is 2.27. The molecule has 0 aliphatic rings. The normalized spacial score (nSPS) is 11.1. The Balaban J connectivity index is 3.19. The van der Waals surface area contributed by atoms with Crippen molar-refractivity contribution in [1.82, 2.24) is 4.98 Å². The molecule has 0 saturated carbocycles. The van der Waals surface area contributed by atoms with Crippen LogP contribution >= 0.6 is 0 Å². The molecular weight excluding hydrogens is 235 g/mol. The van der Waals surface area contributed by atoms with Crippen LogP contribution in [-0.4, -0.2) is 11.3 Å². The summed E-state index contributed by atoms with van der Waals surface area (Å²) in [6.07, 6.45) is -3.64. The van der Waals surface area contributed by atoms with Gasteiger partial charge in [-0.1, -0.05) is 0 Å². The maximum atomic E-state index is 12.1. The van der Waals surface area contributed by atoms with Crippen LogP contribution in [0.2, 0.25) is 0 Å². The molecule has 0 aromatic carbocycles. The van der Waals surface area contributed by atoms with Crippen molar-refractivity contribution < 1.29 is 17.9 Å². The van der Waals surface area contributed by atoms with E-state index in [9.17, 15) is 13.2 Å². The van der Waals surface area contributed by atoms with Gasteiger partial charge in [0.1, 0.15) is 0 Å². The minimum absolute atomic E-state index is 0.0326. The van der Waals surface area contributed by atoms with Gasteiger partial charge in [0.25, 0.3) is 0 Å². The lowest BCUT2D eigenvalue weighted by Crippen LogP contribution is -2.19. The molecule has 0 amide bonds. The number of hydrogen-bond donors (Lipinski definition) is 1.